The highest BCUT2D eigenvalue weighted by molar-refractivity contribution is 6.03. The number of carbonyl (C=O) groups excluding carboxylic acids is 1. The van der Waals surface area contributed by atoms with Gasteiger partial charge in [0.2, 0.25) is 0 Å². The Labute approximate surface area is 153 Å². The lowest BCUT2D eigenvalue weighted by Crippen LogP contribution is -2.21. The van der Waals surface area contributed by atoms with Crippen LogP contribution < -0.4 is 10.2 Å². The van der Waals surface area contributed by atoms with Gasteiger partial charge in [-0.2, -0.15) is 0 Å². The molecule has 3 aromatic rings. The van der Waals surface area contributed by atoms with Gasteiger partial charge in [0.15, 0.2) is 0 Å². The fourth-order valence-electron chi connectivity index (χ4n) is 2.70. The van der Waals surface area contributed by atoms with Crippen molar-refractivity contribution in [2.45, 2.75) is 20.4 Å². The first-order valence-corrected chi connectivity index (χ1v) is 8.50. The highest BCUT2D eigenvalue weighted by Crippen LogP contribution is 2.17. The molecule has 0 bridgehead atoms. The van der Waals surface area contributed by atoms with Crippen molar-refractivity contribution in [3.05, 3.63) is 83.3 Å². The monoisotopic (exact) mass is 346 g/mol. The number of para-hydroxylation sites is 1. The van der Waals surface area contributed by atoms with Crippen molar-refractivity contribution < 1.29 is 4.79 Å². The summed E-state index contributed by atoms with van der Waals surface area (Å²) in [5.74, 6) is 1.05. The Morgan fingerprint density at radius 1 is 1.00 bits per heavy atom. The van der Waals surface area contributed by atoms with Gasteiger partial charge < -0.3 is 10.2 Å². The number of nitrogens with zero attached hydrogens (tertiary/aromatic N) is 3. The van der Waals surface area contributed by atoms with Gasteiger partial charge in [-0.25, -0.2) is 9.97 Å². The maximum atomic E-state index is 12.6. The summed E-state index contributed by atoms with van der Waals surface area (Å²) in [6.07, 6.45) is 0. The van der Waals surface area contributed by atoms with E-state index < -0.39 is 0 Å². The maximum Gasteiger partial charge on any atom is 0.274 e. The van der Waals surface area contributed by atoms with Crippen LogP contribution in [0.5, 0.6) is 0 Å². The standard InChI is InChI=1S/C21H22N4O/c1-15-9-7-8-12-18(15)24-21(26)19-13-20(23-16(2)22-19)25(3)14-17-10-5-4-6-11-17/h4-13H,14H2,1-3H3,(H,24,26). The van der Waals surface area contributed by atoms with Gasteiger partial charge in [-0.3, -0.25) is 4.79 Å². The number of amides is 1. The van der Waals surface area contributed by atoms with E-state index in [4.69, 9.17) is 0 Å². The summed E-state index contributed by atoms with van der Waals surface area (Å²) in [7, 11) is 1.96. The zero-order valence-corrected chi connectivity index (χ0v) is 15.2. The summed E-state index contributed by atoms with van der Waals surface area (Å²) in [5, 5.41) is 2.92. The average molecular weight is 346 g/mol. The Morgan fingerprint density at radius 2 is 1.69 bits per heavy atom. The Hall–Kier alpha value is -3.21. The number of nitrogens with one attached hydrogen (secondary N) is 1. The first-order valence-electron chi connectivity index (χ1n) is 8.50. The van der Waals surface area contributed by atoms with Crippen molar-refractivity contribution in [3.63, 3.8) is 0 Å². The molecule has 1 amide bonds. The van der Waals surface area contributed by atoms with E-state index in [-0.39, 0.29) is 5.91 Å². The summed E-state index contributed by atoms with van der Waals surface area (Å²) < 4.78 is 0. The Balaban J connectivity index is 1.81. The van der Waals surface area contributed by atoms with Gasteiger partial charge in [0.25, 0.3) is 5.91 Å². The predicted molar refractivity (Wildman–Crippen MR) is 104 cm³/mol. The molecule has 0 saturated heterocycles. The van der Waals surface area contributed by atoms with Crippen LogP contribution >= 0.6 is 0 Å². The second kappa shape index (κ2) is 7.78. The molecule has 0 unspecified atom stereocenters. The first kappa shape index (κ1) is 17.6. The minimum absolute atomic E-state index is 0.237. The molecular formula is C21H22N4O. The number of hydrogen-bond acceptors (Lipinski definition) is 4. The van der Waals surface area contributed by atoms with E-state index in [0.717, 1.165) is 17.1 Å². The molecular weight excluding hydrogens is 324 g/mol. The zero-order valence-electron chi connectivity index (χ0n) is 15.2. The van der Waals surface area contributed by atoms with Crippen LogP contribution in [0, 0.1) is 13.8 Å². The molecule has 1 aromatic heterocycles. The van der Waals surface area contributed by atoms with Crippen molar-refractivity contribution in [2.24, 2.45) is 0 Å². The van der Waals surface area contributed by atoms with E-state index in [0.29, 0.717) is 18.1 Å². The largest absolute Gasteiger partial charge is 0.355 e. The Bertz CT molecular complexity index is 909. The van der Waals surface area contributed by atoms with E-state index >= 15 is 0 Å². The predicted octanol–water partition coefficient (Wildman–Crippen LogP) is 3.98. The second-order valence-electron chi connectivity index (χ2n) is 6.27. The number of hydrogen-bond donors (Lipinski definition) is 1. The minimum atomic E-state index is -0.237. The SMILES string of the molecule is Cc1nc(C(=O)Nc2ccccc2C)cc(N(C)Cc2ccccc2)n1. The maximum absolute atomic E-state index is 12.6. The van der Waals surface area contributed by atoms with Crippen LogP contribution in [0.25, 0.3) is 0 Å². The van der Waals surface area contributed by atoms with Gasteiger partial charge in [-0.05, 0) is 31.0 Å². The van der Waals surface area contributed by atoms with Gasteiger partial charge in [0.05, 0.1) is 0 Å². The molecule has 0 spiro atoms. The van der Waals surface area contributed by atoms with Crippen LogP contribution in [-0.4, -0.2) is 22.9 Å². The van der Waals surface area contributed by atoms with Gasteiger partial charge in [-0.1, -0.05) is 48.5 Å². The molecule has 0 saturated carbocycles. The molecule has 5 nitrogen and oxygen atoms in total. The number of aryl methyl sites for hydroxylation is 2. The quantitative estimate of drug-likeness (QED) is 0.759. The third-order valence-corrected chi connectivity index (χ3v) is 4.10. The molecule has 0 fully saturated rings. The van der Waals surface area contributed by atoms with Gasteiger partial charge in [-0.15, -0.1) is 0 Å². The van der Waals surface area contributed by atoms with Crippen molar-refractivity contribution in [2.75, 3.05) is 17.3 Å². The highest BCUT2D eigenvalue weighted by Gasteiger charge is 2.14. The van der Waals surface area contributed by atoms with Crippen LogP contribution in [0.15, 0.2) is 60.7 Å². The third-order valence-electron chi connectivity index (χ3n) is 4.10. The lowest BCUT2D eigenvalue weighted by Gasteiger charge is -2.19. The topological polar surface area (TPSA) is 58.1 Å². The number of aromatic nitrogens is 2. The summed E-state index contributed by atoms with van der Waals surface area (Å²) in [4.78, 5) is 23.4. The average Bonchev–Trinajstić information content (AvgIpc) is 2.64. The van der Waals surface area contributed by atoms with Crippen molar-refractivity contribution in [1.82, 2.24) is 9.97 Å². The number of anilines is 2. The number of rotatable bonds is 5. The summed E-state index contributed by atoms with van der Waals surface area (Å²) in [6, 6.07) is 19.5. The molecule has 0 aliphatic carbocycles. The molecule has 5 heteroatoms. The summed E-state index contributed by atoms with van der Waals surface area (Å²) in [5.41, 5.74) is 3.33. The van der Waals surface area contributed by atoms with Gasteiger partial charge >= 0.3 is 0 Å². The minimum Gasteiger partial charge on any atom is -0.355 e. The van der Waals surface area contributed by atoms with E-state index in [1.54, 1.807) is 13.0 Å². The van der Waals surface area contributed by atoms with E-state index in [2.05, 4.69) is 27.4 Å². The lowest BCUT2D eigenvalue weighted by molar-refractivity contribution is 0.102. The van der Waals surface area contributed by atoms with Crippen LogP contribution in [0.3, 0.4) is 0 Å². The Kier molecular flexibility index (Phi) is 5.27. The van der Waals surface area contributed by atoms with Crippen LogP contribution in [0.2, 0.25) is 0 Å². The molecule has 132 valence electrons. The molecule has 3 rings (SSSR count). The fourth-order valence-corrected chi connectivity index (χ4v) is 2.70. The van der Waals surface area contributed by atoms with E-state index in [1.165, 1.54) is 5.56 Å². The molecule has 0 radical (unpaired) electrons. The van der Waals surface area contributed by atoms with E-state index in [9.17, 15) is 4.79 Å². The van der Waals surface area contributed by atoms with Crippen LogP contribution in [0.1, 0.15) is 27.4 Å². The second-order valence-corrected chi connectivity index (χ2v) is 6.27. The van der Waals surface area contributed by atoms with Crippen LogP contribution in [0.4, 0.5) is 11.5 Å². The van der Waals surface area contributed by atoms with Gasteiger partial charge in [0, 0.05) is 25.3 Å². The van der Waals surface area contributed by atoms with Crippen molar-refractivity contribution >= 4 is 17.4 Å². The molecule has 0 atom stereocenters. The highest BCUT2D eigenvalue weighted by atomic mass is 16.1. The smallest absolute Gasteiger partial charge is 0.274 e. The fraction of sp³-hybridized carbons (Fsp3) is 0.190. The van der Waals surface area contributed by atoms with Crippen LogP contribution in [-0.2, 0) is 6.54 Å². The summed E-state index contributed by atoms with van der Waals surface area (Å²) >= 11 is 0. The molecule has 0 aliphatic rings. The number of carbonyl (C=O) groups is 1. The normalized spacial score (nSPS) is 10.4. The summed E-state index contributed by atoms with van der Waals surface area (Å²) in [6.45, 7) is 4.46. The first-order chi connectivity index (χ1) is 12.5. The molecule has 0 aliphatic heterocycles. The molecule has 26 heavy (non-hydrogen) atoms. The lowest BCUT2D eigenvalue weighted by atomic mass is 10.2. The zero-order chi connectivity index (χ0) is 18.5. The van der Waals surface area contributed by atoms with E-state index in [1.807, 2.05) is 61.3 Å². The Morgan fingerprint density at radius 3 is 2.42 bits per heavy atom. The molecule has 2 aromatic carbocycles. The van der Waals surface area contributed by atoms with Crippen molar-refractivity contribution in [3.8, 4) is 0 Å². The number of benzene rings is 2. The van der Waals surface area contributed by atoms with Gasteiger partial charge in [0.1, 0.15) is 17.3 Å². The third kappa shape index (κ3) is 4.25. The molecule has 1 N–H and O–H groups in total. The molecule has 1 heterocycles. The van der Waals surface area contributed by atoms with Crippen molar-refractivity contribution in [1.29, 1.82) is 0 Å².